The molecule has 1 rings (SSSR count). The highest BCUT2D eigenvalue weighted by molar-refractivity contribution is 5.39. The summed E-state index contributed by atoms with van der Waals surface area (Å²) in [4.78, 5) is 0. The van der Waals surface area contributed by atoms with Crippen LogP contribution in [-0.4, -0.2) is 23.8 Å². The van der Waals surface area contributed by atoms with Crippen LogP contribution in [0.15, 0.2) is 24.3 Å². The molecule has 0 aliphatic carbocycles. The van der Waals surface area contributed by atoms with Crippen molar-refractivity contribution < 1.29 is 5.11 Å². The molecule has 1 atom stereocenters. The van der Waals surface area contributed by atoms with Crippen LogP contribution in [0.4, 0.5) is 5.69 Å². The number of anilines is 1. The van der Waals surface area contributed by atoms with E-state index < -0.39 is 5.54 Å². The third-order valence-corrected chi connectivity index (χ3v) is 2.55. The van der Waals surface area contributed by atoms with Gasteiger partial charge in [-0.1, -0.05) is 12.1 Å². The van der Waals surface area contributed by atoms with Gasteiger partial charge in [0.1, 0.15) is 0 Å². The van der Waals surface area contributed by atoms with E-state index in [1.54, 1.807) is 0 Å². The van der Waals surface area contributed by atoms with E-state index in [0.717, 1.165) is 11.3 Å². The summed E-state index contributed by atoms with van der Waals surface area (Å²) in [7, 11) is 0. The zero-order chi connectivity index (χ0) is 11.3. The van der Waals surface area contributed by atoms with Crippen LogP contribution >= 0.6 is 0 Å². The number of nitrogen functional groups attached to an aromatic ring is 1. The molecule has 84 valence electrons. The molecule has 4 heteroatoms. The Labute approximate surface area is 90.1 Å². The summed E-state index contributed by atoms with van der Waals surface area (Å²) in [5.41, 5.74) is 18.6. The Bertz CT molecular complexity index is 299. The Balaban J connectivity index is 2.70. The fraction of sp³-hybridized carbons (Fsp3) is 0.455. The van der Waals surface area contributed by atoms with E-state index in [1.165, 1.54) is 0 Å². The Morgan fingerprint density at radius 2 is 1.80 bits per heavy atom. The van der Waals surface area contributed by atoms with Crippen molar-refractivity contribution in [2.75, 3.05) is 18.9 Å². The second kappa shape index (κ2) is 5.11. The molecule has 1 aromatic rings. The van der Waals surface area contributed by atoms with Gasteiger partial charge in [-0.2, -0.15) is 0 Å². The summed E-state index contributed by atoms with van der Waals surface area (Å²) < 4.78 is 0. The van der Waals surface area contributed by atoms with Crippen LogP contribution in [-0.2, 0) is 6.42 Å². The highest BCUT2D eigenvalue weighted by atomic mass is 16.3. The highest BCUT2D eigenvalue weighted by Crippen LogP contribution is 2.15. The molecule has 0 aliphatic heterocycles. The molecule has 0 heterocycles. The van der Waals surface area contributed by atoms with Crippen molar-refractivity contribution in [2.45, 2.75) is 18.4 Å². The van der Waals surface area contributed by atoms with Gasteiger partial charge in [-0.3, -0.25) is 0 Å². The monoisotopic (exact) mass is 209 g/mol. The first kappa shape index (κ1) is 12.0. The minimum absolute atomic E-state index is 0.0582. The maximum Gasteiger partial charge on any atom is 0.0449 e. The Hall–Kier alpha value is -1.10. The molecule has 0 bridgehead atoms. The van der Waals surface area contributed by atoms with Crippen LogP contribution in [0.2, 0.25) is 0 Å². The number of aliphatic hydroxyl groups is 1. The molecule has 15 heavy (non-hydrogen) atoms. The molecule has 4 nitrogen and oxygen atoms in total. The number of nitrogens with two attached hydrogens (primary N) is 3. The smallest absolute Gasteiger partial charge is 0.0449 e. The molecule has 0 saturated heterocycles. The van der Waals surface area contributed by atoms with Crippen molar-refractivity contribution in [3.8, 4) is 0 Å². The van der Waals surface area contributed by atoms with Gasteiger partial charge in [0.15, 0.2) is 0 Å². The Morgan fingerprint density at radius 3 is 2.27 bits per heavy atom. The fourth-order valence-electron chi connectivity index (χ4n) is 1.53. The highest BCUT2D eigenvalue weighted by Gasteiger charge is 2.22. The molecule has 0 aromatic heterocycles. The molecule has 0 radical (unpaired) electrons. The van der Waals surface area contributed by atoms with Gasteiger partial charge in [-0.05, 0) is 30.5 Å². The second-order valence-electron chi connectivity index (χ2n) is 3.96. The summed E-state index contributed by atoms with van der Waals surface area (Å²) in [6, 6.07) is 7.55. The van der Waals surface area contributed by atoms with Crippen molar-refractivity contribution in [2.24, 2.45) is 11.5 Å². The van der Waals surface area contributed by atoms with Crippen LogP contribution in [0.1, 0.15) is 12.0 Å². The van der Waals surface area contributed by atoms with Crippen molar-refractivity contribution in [1.29, 1.82) is 0 Å². The fourth-order valence-corrected chi connectivity index (χ4v) is 1.53. The molecule has 0 spiro atoms. The van der Waals surface area contributed by atoms with Gasteiger partial charge in [0, 0.05) is 24.4 Å². The van der Waals surface area contributed by atoms with E-state index in [4.69, 9.17) is 22.3 Å². The lowest BCUT2D eigenvalue weighted by atomic mass is 9.89. The number of hydrogen-bond donors (Lipinski definition) is 4. The Kier molecular flexibility index (Phi) is 4.08. The van der Waals surface area contributed by atoms with Crippen LogP contribution in [0.5, 0.6) is 0 Å². The van der Waals surface area contributed by atoms with Crippen molar-refractivity contribution in [1.82, 2.24) is 0 Å². The molecule has 0 aliphatic rings. The SMILES string of the molecule is NCC(N)(CCO)Cc1ccc(N)cc1. The number of hydrogen-bond acceptors (Lipinski definition) is 4. The minimum Gasteiger partial charge on any atom is -0.399 e. The first-order valence-corrected chi connectivity index (χ1v) is 5.04. The number of aliphatic hydroxyl groups excluding tert-OH is 1. The van der Waals surface area contributed by atoms with Crippen LogP contribution in [0.3, 0.4) is 0 Å². The van der Waals surface area contributed by atoms with Crippen molar-refractivity contribution >= 4 is 5.69 Å². The summed E-state index contributed by atoms with van der Waals surface area (Å²) in [5, 5.41) is 8.90. The third kappa shape index (κ3) is 3.51. The van der Waals surface area contributed by atoms with Gasteiger partial charge in [0.2, 0.25) is 0 Å². The summed E-state index contributed by atoms with van der Waals surface area (Å²) >= 11 is 0. The first-order valence-electron chi connectivity index (χ1n) is 5.04. The zero-order valence-corrected chi connectivity index (χ0v) is 8.82. The van der Waals surface area contributed by atoms with E-state index in [9.17, 15) is 0 Å². The minimum atomic E-state index is -0.523. The lowest BCUT2D eigenvalue weighted by Gasteiger charge is -2.27. The maximum absolute atomic E-state index is 8.90. The predicted octanol–water partition coefficient (Wildman–Crippen LogP) is -0.150. The van der Waals surface area contributed by atoms with E-state index in [2.05, 4.69) is 0 Å². The van der Waals surface area contributed by atoms with Gasteiger partial charge in [-0.15, -0.1) is 0 Å². The Morgan fingerprint density at radius 1 is 1.20 bits per heavy atom. The summed E-state index contributed by atoms with van der Waals surface area (Å²) in [6.07, 6.45) is 1.16. The first-order chi connectivity index (χ1) is 7.09. The molecule has 1 unspecified atom stereocenters. The van der Waals surface area contributed by atoms with Gasteiger partial charge in [0.05, 0.1) is 0 Å². The standard InChI is InChI=1S/C11H19N3O/c12-8-11(14,5-6-15)7-9-1-3-10(13)4-2-9/h1-4,15H,5-8,12-14H2. The van der Waals surface area contributed by atoms with Gasteiger partial charge < -0.3 is 22.3 Å². The molecule has 1 aromatic carbocycles. The van der Waals surface area contributed by atoms with Crippen LogP contribution < -0.4 is 17.2 Å². The number of rotatable bonds is 5. The van der Waals surface area contributed by atoms with Crippen molar-refractivity contribution in [3.63, 3.8) is 0 Å². The van der Waals surface area contributed by atoms with E-state index in [0.29, 0.717) is 19.4 Å². The topological polar surface area (TPSA) is 98.3 Å². The van der Waals surface area contributed by atoms with Gasteiger partial charge in [0.25, 0.3) is 0 Å². The third-order valence-electron chi connectivity index (χ3n) is 2.55. The summed E-state index contributed by atoms with van der Waals surface area (Å²) in [6.45, 7) is 0.417. The van der Waals surface area contributed by atoms with E-state index in [-0.39, 0.29) is 6.61 Å². The largest absolute Gasteiger partial charge is 0.399 e. The van der Waals surface area contributed by atoms with E-state index >= 15 is 0 Å². The zero-order valence-electron chi connectivity index (χ0n) is 8.82. The maximum atomic E-state index is 8.90. The lowest BCUT2D eigenvalue weighted by molar-refractivity contribution is 0.239. The summed E-state index contributed by atoms with van der Waals surface area (Å²) in [5.74, 6) is 0. The van der Waals surface area contributed by atoms with Crippen LogP contribution in [0.25, 0.3) is 0 Å². The molecular weight excluding hydrogens is 190 g/mol. The van der Waals surface area contributed by atoms with Crippen LogP contribution in [0, 0.1) is 0 Å². The predicted molar refractivity (Wildman–Crippen MR) is 62.2 cm³/mol. The molecule has 7 N–H and O–H groups in total. The average molecular weight is 209 g/mol. The second-order valence-corrected chi connectivity index (χ2v) is 3.96. The molecule has 0 fully saturated rings. The van der Waals surface area contributed by atoms with Gasteiger partial charge >= 0.3 is 0 Å². The quantitative estimate of drug-likeness (QED) is 0.507. The lowest BCUT2D eigenvalue weighted by Crippen LogP contribution is -2.49. The normalized spacial score (nSPS) is 14.9. The number of benzene rings is 1. The molecule has 0 saturated carbocycles. The average Bonchev–Trinajstić information content (AvgIpc) is 2.22. The van der Waals surface area contributed by atoms with Gasteiger partial charge in [-0.25, -0.2) is 0 Å². The van der Waals surface area contributed by atoms with E-state index in [1.807, 2.05) is 24.3 Å². The molecule has 0 amide bonds. The van der Waals surface area contributed by atoms with Crippen molar-refractivity contribution in [3.05, 3.63) is 29.8 Å². The molecular formula is C11H19N3O.